The van der Waals surface area contributed by atoms with Crippen LogP contribution in [0.25, 0.3) is 0 Å². The standard InChI is InChI=1S/C14H19NO/c1-5-11-15(16-14(2,3)4)12-13-9-7-6-8-10-13/h6-10H,12H2,1-4H3. The number of hydrogen-bond donors (Lipinski definition) is 0. The predicted molar refractivity (Wildman–Crippen MR) is 66.3 cm³/mol. The Morgan fingerprint density at radius 3 is 2.31 bits per heavy atom. The van der Waals surface area contributed by atoms with E-state index in [1.165, 1.54) is 5.56 Å². The van der Waals surface area contributed by atoms with Crippen molar-refractivity contribution in [2.24, 2.45) is 0 Å². The van der Waals surface area contributed by atoms with Crippen LogP contribution in [-0.4, -0.2) is 10.7 Å². The lowest BCUT2D eigenvalue weighted by Crippen LogP contribution is -2.30. The van der Waals surface area contributed by atoms with E-state index in [0.29, 0.717) is 6.54 Å². The molecular formula is C14H19NO. The maximum atomic E-state index is 5.74. The highest BCUT2D eigenvalue weighted by molar-refractivity contribution is 5.15. The fraction of sp³-hybridized carbons (Fsp3) is 0.429. The van der Waals surface area contributed by atoms with Crippen LogP contribution in [0.2, 0.25) is 0 Å². The third-order valence-electron chi connectivity index (χ3n) is 1.79. The monoisotopic (exact) mass is 217 g/mol. The average molecular weight is 217 g/mol. The van der Waals surface area contributed by atoms with Gasteiger partial charge in [-0.2, -0.15) is 0 Å². The molecule has 0 radical (unpaired) electrons. The first-order valence-electron chi connectivity index (χ1n) is 5.44. The lowest BCUT2D eigenvalue weighted by molar-refractivity contribution is -0.196. The fourth-order valence-corrected chi connectivity index (χ4v) is 1.30. The quantitative estimate of drug-likeness (QED) is 0.438. The van der Waals surface area contributed by atoms with Crippen molar-refractivity contribution in [1.29, 1.82) is 0 Å². The van der Waals surface area contributed by atoms with Gasteiger partial charge in [-0.05, 0) is 33.3 Å². The number of hydrogen-bond acceptors (Lipinski definition) is 2. The van der Waals surface area contributed by atoms with Crippen molar-refractivity contribution in [2.45, 2.75) is 39.8 Å². The molecule has 2 heteroatoms. The van der Waals surface area contributed by atoms with Gasteiger partial charge in [0.05, 0.1) is 12.1 Å². The normalized spacial score (nSPS) is 10.5. The maximum Gasteiger partial charge on any atom is 0.0887 e. The molecular weight excluding hydrogens is 198 g/mol. The molecule has 0 aliphatic heterocycles. The van der Waals surface area contributed by atoms with E-state index in [-0.39, 0.29) is 5.60 Å². The van der Waals surface area contributed by atoms with Crippen LogP contribution < -0.4 is 0 Å². The molecule has 0 saturated heterocycles. The number of nitrogens with zero attached hydrogens (tertiary/aromatic N) is 1. The Labute approximate surface area is 98.2 Å². The number of hydroxylamine groups is 2. The van der Waals surface area contributed by atoms with Crippen molar-refractivity contribution < 1.29 is 4.84 Å². The molecule has 86 valence electrons. The minimum Gasteiger partial charge on any atom is -0.260 e. The molecule has 0 spiro atoms. The van der Waals surface area contributed by atoms with Crippen molar-refractivity contribution in [3.8, 4) is 12.0 Å². The molecule has 0 fully saturated rings. The Morgan fingerprint density at radius 1 is 1.19 bits per heavy atom. The molecule has 0 aliphatic carbocycles. The molecule has 0 aromatic heterocycles. The molecule has 0 amide bonds. The second kappa shape index (κ2) is 5.58. The zero-order valence-corrected chi connectivity index (χ0v) is 10.4. The van der Waals surface area contributed by atoms with Gasteiger partial charge in [-0.1, -0.05) is 36.3 Å². The third kappa shape index (κ3) is 4.86. The first-order valence-corrected chi connectivity index (χ1v) is 5.44. The highest BCUT2D eigenvalue weighted by Gasteiger charge is 2.15. The molecule has 0 aliphatic rings. The summed E-state index contributed by atoms with van der Waals surface area (Å²) in [6.45, 7) is 8.54. The van der Waals surface area contributed by atoms with Crippen molar-refractivity contribution in [3.63, 3.8) is 0 Å². The summed E-state index contributed by atoms with van der Waals surface area (Å²) in [4.78, 5) is 5.74. The van der Waals surface area contributed by atoms with Crippen LogP contribution in [0.3, 0.4) is 0 Å². The second-order valence-electron chi connectivity index (χ2n) is 4.59. The topological polar surface area (TPSA) is 12.5 Å². The minimum atomic E-state index is -0.224. The van der Waals surface area contributed by atoms with Gasteiger partial charge >= 0.3 is 0 Å². The summed E-state index contributed by atoms with van der Waals surface area (Å²) in [7, 11) is 0. The summed E-state index contributed by atoms with van der Waals surface area (Å²) in [5.41, 5.74) is 0.966. The second-order valence-corrected chi connectivity index (χ2v) is 4.59. The molecule has 0 atom stereocenters. The average Bonchev–Trinajstić information content (AvgIpc) is 2.17. The van der Waals surface area contributed by atoms with E-state index in [0.717, 1.165) is 0 Å². The highest BCUT2D eigenvalue weighted by Crippen LogP contribution is 2.12. The maximum absolute atomic E-state index is 5.74. The van der Waals surface area contributed by atoms with Crippen LogP contribution in [0.5, 0.6) is 0 Å². The van der Waals surface area contributed by atoms with Crippen molar-refractivity contribution in [3.05, 3.63) is 35.9 Å². The smallest absolute Gasteiger partial charge is 0.0887 e. The van der Waals surface area contributed by atoms with E-state index in [2.05, 4.69) is 24.1 Å². The summed E-state index contributed by atoms with van der Waals surface area (Å²) < 4.78 is 0. The van der Waals surface area contributed by atoms with Crippen molar-refractivity contribution in [1.82, 2.24) is 5.06 Å². The Bertz CT molecular complexity index is 367. The molecule has 0 unspecified atom stereocenters. The Kier molecular flexibility index (Phi) is 4.39. The fourth-order valence-electron chi connectivity index (χ4n) is 1.30. The molecule has 0 saturated carbocycles. The molecule has 0 N–H and O–H groups in total. The van der Waals surface area contributed by atoms with Gasteiger partial charge < -0.3 is 0 Å². The Balaban J connectivity index is 2.68. The summed E-state index contributed by atoms with van der Waals surface area (Å²) >= 11 is 0. The van der Waals surface area contributed by atoms with Gasteiger partial charge in [-0.3, -0.25) is 4.84 Å². The minimum absolute atomic E-state index is 0.224. The Hall–Kier alpha value is -1.46. The van der Waals surface area contributed by atoms with Gasteiger partial charge in [-0.25, -0.2) is 5.06 Å². The number of rotatable bonds is 3. The van der Waals surface area contributed by atoms with Gasteiger partial charge in [0.1, 0.15) is 0 Å². The van der Waals surface area contributed by atoms with Crippen LogP contribution in [0.15, 0.2) is 30.3 Å². The highest BCUT2D eigenvalue weighted by atomic mass is 16.7. The lowest BCUT2D eigenvalue weighted by Gasteiger charge is -2.26. The largest absolute Gasteiger partial charge is 0.260 e. The van der Waals surface area contributed by atoms with Crippen LogP contribution in [0, 0.1) is 12.0 Å². The molecule has 2 nitrogen and oxygen atoms in total. The van der Waals surface area contributed by atoms with Gasteiger partial charge in [0, 0.05) is 6.04 Å². The van der Waals surface area contributed by atoms with E-state index in [4.69, 9.17) is 4.84 Å². The molecule has 0 heterocycles. The van der Waals surface area contributed by atoms with Crippen LogP contribution >= 0.6 is 0 Å². The molecule has 16 heavy (non-hydrogen) atoms. The molecule has 1 aromatic rings. The van der Waals surface area contributed by atoms with Crippen LogP contribution in [0.1, 0.15) is 33.3 Å². The van der Waals surface area contributed by atoms with E-state index < -0.39 is 0 Å². The van der Waals surface area contributed by atoms with Gasteiger partial charge in [0.15, 0.2) is 0 Å². The molecule has 1 rings (SSSR count). The first kappa shape index (κ1) is 12.6. The molecule has 1 aromatic carbocycles. The van der Waals surface area contributed by atoms with Gasteiger partial charge in [0.2, 0.25) is 0 Å². The summed E-state index contributed by atoms with van der Waals surface area (Å²) in [6, 6.07) is 13.1. The third-order valence-corrected chi connectivity index (χ3v) is 1.79. The lowest BCUT2D eigenvalue weighted by atomic mass is 10.2. The zero-order valence-electron chi connectivity index (χ0n) is 10.4. The summed E-state index contributed by atoms with van der Waals surface area (Å²) in [5.74, 6) is 2.86. The molecule has 0 bridgehead atoms. The van der Waals surface area contributed by atoms with Gasteiger partial charge in [-0.15, -0.1) is 0 Å². The van der Waals surface area contributed by atoms with Gasteiger partial charge in [0.25, 0.3) is 0 Å². The van der Waals surface area contributed by atoms with Crippen LogP contribution in [-0.2, 0) is 11.4 Å². The van der Waals surface area contributed by atoms with E-state index >= 15 is 0 Å². The summed E-state index contributed by atoms with van der Waals surface area (Å²) in [6.07, 6.45) is 0. The number of benzene rings is 1. The zero-order chi connectivity index (χ0) is 12.0. The SMILES string of the molecule is CC#CN(Cc1ccccc1)OC(C)(C)C. The van der Waals surface area contributed by atoms with E-state index in [1.54, 1.807) is 5.06 Å². The van der Waals surface area contributed by atoms with E-state index in [1.807, 2.05) is 45.9 Å². The van der Waals surface area contributed by atoms with Crippen LogP contribution in [0.4, 0.5) is 0 Å². The summed E-state index contributed by atoms with van der Waals surface area (Å²) in [5, 5.41) is 1.69. The Morgan fingerprint density at radius 2 is 1.81 bits per heavy atom. The van der Waals surface area contributed by atoms with Crippen molar-refractivity contribution in [2.75, 3.05) is 0 Å². The predicted octanol–water partition coefficient (Wildman–Crippen LogP) is 3.20. The first-order chi connectivity index (χ1) is 7.51. The van der Waals surface area contributed by atoms with E-state index in [9.17, 15) is 0 Å². The van der Waals surface area contributed by atoms with Crippen molar-refractivity contribution >= 4 is 0 Å².